The molecule has 3 saturated heterocycles. The molecule has 2 amide bonds. The summed E-state index contributed by atoms with van der Waals surface area (Å²) in [6, 6.07) is 25.4. The molecule has 4 aliphatic rings. The van der Waals surface area contributed by atoms with Crippen LogP contribution in [0.5, 0.6) is 0 Å². The van der Waals surface area contributed by atoms with E-state index in [2.05, 4.69) is 10.6 Å². The smallest absolute Gasteiger partial charge is 0.327 e. The van der Waals surface area contributed by atoms with E-state index in [0.29, 0.717) is 0 Å². The van der Waals surface area contributed by atoms with Crippen molar-refractivity contribution < 1.29 is 48.4 Å². The molecule has 4 fully saturated rings. The fraction of sp³-hybridized carbons (Fsp3) is 0.395. The molecule has 3 aliphatic heterocycles. The lowest BCUT2D eigenvalue weighted by Crippen LogP contribution is -2.69. The zero-order chi connectivity index (χ0) is 35.4. The van der Waals surface area contributed by atoms with Gasteiger partial charge in [-0.1, -0.05) is 84.9 Å². The Morgan fingerprint density at radius 3 is 2.27 bits per heavy atom. The Hall–Kier alpha value is -4.63. The molecule has 3 aromatic rings. The van der Waals surface area contributed by atoms with Gasteiger partial charge in [-0.2, -0.15) is 5.06 Å². The van der Waals surface area contributed by atoms with Crippen LogP contribution >= 0.6 is 0 Å². The van der Waals surface area contributed by atoms with Crippen molar-refractivity contribution in [3.63, 3.8) is 0 Å². The Balaban J connectivity index is 1.26. The largest absolute Gasteiger partial charge is 0.499 e. The molecule has 1 saturated carbocycles. The molecule has 13 heteroatoms. The summed E-state index contributed by atoms with van der Waals surface area (Å²) < 4.78 is 25.4. The van der Waals surface area contributed by atoms with Crippen LogP contribution in [0.4, 0.5) is 0 Å². The first-order valence-corrected chi connectivity index (χ1v) is 17.1. The number of ether oxygens (including phenoxy) is 4. The third-order valence-corrected chi connectivity index (χ3v) is 9.89. The summed E-state index contributed by atoms with van der Waals surface area (Å²) in [5, 5.41) is 25.2. The van der Waals surface area contributed by atoms with Crippen molar-refractivity contribution in [2.24, 2.45) is 5.41 Å². The first-order valence-electron chi connectivity index (χ1n) is 17.1. The fourth-order valence-electron chi connectivity index (χ4n) is 7.68. The Morgan fingerprint density at radius 1 is 0.882 bits per heavy atom. The van der Waals surface area contributed by atoms with E-state index >= 15 is 0 Å². The standard InChI is InChI=1S/C38H41N3O10/c42-19-18-39-30(44)15-17-40-36(46)37-23-29-31-32(50-38(49-31,27-11-3-1-4-12-27)28-13-5-2-6-14-28)34(37)51-41(33(37)35(45)48-29)24-26-10-8-7-9-25(26)16-21-47-22-20-43/h1-14,16,21,29,31-34,42-43H,15,17-20,22-24H2,(H,39,44)(H,40,46). The number of aliphatic hydroxyl groups excluding tert-OH is 2. The van der Waals surface area contributed by atoms with Gasteiger partial charge in [-0.25, -0.2) is 0 Å². The lowest BCUT2D eigenvalue weighted by molar-refractivity contribution is -0.213. The van der Waals surface area contributed by atoms with Gasteiger partial charge in [-0.05, 0) is 17.2 Å². The second kappa shape index (κ2) is 14.9. The zero-order valence-electron chi connectivity index (χ0n) is 27.9. The number of rotatable bonds is 14. The van der Waals surface area contributed by atoms with Crippen LogP contribution in [-0.2, 0) is 50.5 Å². The topological polar surface area (TPSA) is 165 Å². The lowest BCUT2D eigenvalue weighted by atomic mass is 9.62. The Labute approximate surface area is 295 Å². The molecule has 0 radical (unpaired) electrons. The van der Waals surface area contributed by atoms with Gasteiger partial charge < -0.3 is 39.8 Å². The van der Waals surface area contributed by atoms with Crippen molar-refractivity contribution in [2.45, 2.75) is 55.6 Å². The first kappa shape index (κ1) is 34.8. The fourth-order valence-corrected chi connectivity index (χ4v) is 7.68. The van der Waals surface area contributed by atoms with E-state index in [4.69, 9.17) is 34.0 Å². The van der Waals surface area contributed by atoms with Crippen LogP contribution in [0.25, 0.3) is 6.08 Å². The second-order valence-electron chi connectivity index (χ2n) is 12.9. The summed E-state index contributed by atoms with van der Waals surface area (Å²) in [5.41, 5.74) is 1.58. The minimum Gasteiger partial charge on any atom is -0.499 e. The summed E-state index contributed by atoms with van der Waals surface area (Å²) in [7, 11) is 0. The highest BCUT2D eigenvalue weighted by Gasteiger charge is 2.76. The van der Waals surface area contributed by atoms with Gasteiger partial charge in [-0.15, -0.1) is 0 Å². The molecular formula is C38H41N3O10. The van der Waals surface area contributed by atoms with E-state index in [9.17, 15) is 14.4 Å². The van der Waals surface area contributed by atoms with Crippen LogP contribution in [0.3, 0.4) is 0 Å². The number of fused-ring (bicyclic) bond motifs is 4. The number of benzene rings is 3. The highest BCUT2D eigenvalue weighted by Crippen LogP contribution is 2.59. The van der Waals surface area contributed by atoms with E-state index in [-0.39, 0.29) is 58.2 Å². The van der Waals surface area contributed by atoms with Crippen molar-refractivity contribution in [2.75, 3.05) is 32.9 Å². The van der Waals surface area contributed by atoms with Gasteiger partial charge in [0, 0.05) is 37.1 Å². The van der Waals surface area contributed by atoms with Crippen LogP contribution in [0.2, 0.25) is 0 Å². The van der Waals surface area contributed by atoms with Gasteiger partial charge in [0.2, 0.25) is 17.6 Å². The third kappa shape index (κ3) is 6.41. The number of nitrogens with zero attached hydrogens (tertiary/aromatic N) is 1. The van der Waals surface area contributed by atoms with Gasteiger partial charge in [0.15, 0.2) is 6.04 Å². The summed E-state index contributed by atoms with van der Waals surface area (Å²) in [6.07, 6.45) is -0.0831. The van der Waals surface area contributed by atoms with Crippen LogP contribution in [0, 0.1) is 5.41 Å². The Morgan fingerprint density at radius 2 is 1.57 bits per heavy atom. The molecule has 13 nitrogen and oxygen atoms in total. The normalized spacial score (nSPS) is 27.5. The van der Waals surface area contributed by atoms with E-state index in [1.165, 1.54) is 11.3 Å². The Bertz CT molecular complexity index is 1700. The number of nitrogens with one attached hydrogen (secondary N) is 2. The van der Waals surface area contributed by atoms with E-state index in [0.717, 1.165) is 22.3 Å². The third-order valence-electron chi connectivity index (χ3n) is 9.89. The minimum absolute atomic E-state index is 0.00187. The van der Waals surface area contributed by atoms with Gasteiger partial charge in [-0.3, -0.25) is 19.2 Å². The van der Waals surface area contributed by atoms with Gasteiger partial charge in [0.05, 0.1) is 26.0 Å². The molecule has 268 valence electrons. The number of hydroxylamine groups is 2. The quantitative estimate of drug-likeness (QED) is 0.110. The predicted octanol–water partition coefficient (Wildman–Crippen LogP) is 1.77. The number of aliphatic hydroxyl groups is 2. The van der Waals surface area contributed by atoms with Crippen molar-refractivity contribution in [1.29, 1.82) is 0 Å². The average molecular weight is 700 g/mol. The van der Waals surface area contributed by atoms with Gasteiger partial charge in [0.25, 0.3) is 0 Å². The molecule has 0 aromatic heterocycles. The first-order chi connectivity index (χ1) is 24.9. The van der Waals surface area contributed by atoms with Crippen molar-refractivity contribution >= 4 is 23.9 Å². The van der Waals surface area contributed by atoms with Crippen LogP contribution in [0.1, 0.15) is 35.1 Å². The van der Waals surface area contributed by atoms with E-state index in [1.807, 2.05) is 84.9 Å². The lowest BCUT2D eigenvalue weighted by Gasteiger charge is -2.48. The number of hydrogen-bond acceptors (Lipinski definition) is 11. The predicted molar refractivity (Wildman–Crippen MR) is 181 cm³/mol. The average Bonchev–Trinajstić information content (AvgIpc) is 3.74. The number of carbonyl (C=O) groups excluding carboxylic acids is 3. The van der Waals surface area contributed by atoms with Crippen molar-refractivity contribution in [1.82, 2.24) is 15.7 Å². The van der Waals surface area contributed by atoms with Gasteiger partial charge in [0.1, 0.15) is 36.4 Å². The monoisotopic (exact) mass is 699 g/mol. The van der Waals surface area contributed by atoms with E-state index in [1.54, 1.807) is 6.08 Å². The van der Waals surface area contributed by atoms with Crippen molar-refractivity contribution in [3.8, 4) is 0 Å². The summed E-state index contributed by atoms with van der Waals surface area (Å²) in [6.45, 7) is 0.0352. The van der Waals surface area contributed by atoms with Crippen LogP contribution in [0.15, 0.2) is 91.2 Å². The molecule has 51 heavy (non-hydrogen) atoms. The molecule has 1 aliphatic carbocycles. The highest BCUT2D eigenvalue weighted by molar-refractivity contribution is 5.94. The molecule has 6 atom stereocenters. The number of amides is 2. The molecule has 6 unspecified atom stereocenters. The molecule has 3 heterocycles. The Kier molecular flexibility index (Phi) is 10.2. The summed E-state index contributed by atoms with van der Waals surface area (Å²) >= 11 is 0. The summed E-state index contributed by atoms with van der Waals surface area (Å²) in [5.74, 6) is -2.80. The second-order valence-corrected chi connectivity index (χ2v) is 12.9. The zero-order valence-corrected chi connectivity index (χ0v) is 27.9. The SMILES string of the molecule is O=C(CCNC(=O)C12CC3OC(=O)C1N(Cc1ccccc1C=COCCO)OC2C1OC(c2ccccc2)(c2ccccc2)OC31)NCCO. The van der Waals surface area contributed by atoms with Crippen LogP contribution in [-0.4, -0.2) is 96.4 Å². The maximum atomic E-state index is 14.5. The minimum atomic E-state index is -1.45. The molecule has 3 aromatic carbocycles. The molecule has 7 rings (SSSR count). The summed E-state index contributed by atoms with van der Waals surface area (Å²) in [4.78, 5) is 47.7. The molecular weight excluding hydrogens is 658 g/mol. The van der Waals surface area contributed by atoms with Crippen LogP contribution < -0.4 is 10.6 Å². The highest BCUT2D eigenvalue weighted by atomic mass is 16.8. The molecule has 0 spiro atoms. The number of hydrogen-bond donors (Lipinski definition) is 4. The maximum Gasteiger partial charge on any atom is 0.327 e. The maximum absolute atomic E-state index is 14.5. The number of carbonyl (C=O) groups is 3. The number of esters is 1. The van der Waals surface area contributed by atoms with Crippen molar-refractivity contribution in [3.05, 3.63) is 113 Å². The van der Waals surface area contributed by atoms with Gasteiger partial charge >= 0.3 is 5.97 Å². The molecule has 2 bridgehead atoms. The molecule has 4 N–H and O–H groups in total. The van der Waals surface area contributed by atoms with E-state index < -0.39 is 53.5 Å².